The molecular formula is C16H24N2. The van der Waals surface area contributed by atoms with Gasteiger partial charge in [-0.3, -0.25) is 4.90 Å². The lowest BCUT2D eigenvalue weighted by atomic mass is 10.0. The van der Waals surface area contributed by atoms with Gasteiger partial charge < -0.3 is 5.32 Å². The molecule has 1 heterocycles. The normalized spacial score (nSPS) is 25.7. The lowest BCUT2D eigenvalue weighted by molar-refractivity contribution is 0.144. The summed E-state index contributed by atoms with van der Waals surface area (Å²) in [7, 11) is 0. The topological polar surface area (TPSA) is 15.3 Å². The van der Waals surface area contributed by atoms with E-state index in [1.165, 1.54) is 5.56 Å². The summed E-state index contributed by atoms with van der Waals surface area (Å²) in [4.78, 5) is 2.59. The number of benzene rings is 1. The Kier molecular flexibility index (Phi) is 4.97. The number of nitrogens with one attached hydrogen (secondary N) is 1. The Morgan fingerprint density at radius 2 is 2.11 bits per heavy atom. The Morgan fingerprint density at radius 3 is 2.83 bits per heavy atom. The van der Waals surface area contributed by atoms with Gasteiger partial charge in [0.2, 0.25) is 0 Å². The number of hydrogen-bond donors (Lipinski definition) is 1. The van der Waals surface area contributed by atoms with Crippen molar-refractivity contribution in [1.29, 1.82) is 0 Å². The maximum absolute atomic E-state index is 3.65. The van der Waals surface area contributed by atoms with E-state index < -0.39 is 0 Å². The van der Waals surface area contributed by atoms with Crippen molar-refractivity contribution in [3.63, 3.8) is 0 Å². The van der Waals surface area contributed by atoms with Crippen LogP contribution in [0.4, 0.5) is 0 Å². The van der Waals surface area contributed by atoms with Gasteiger partial charge in [0, 0.05) is 31.7 Å². The molecule has 2 unspecified atom stereocenters. The monoisotopic (exact) mass is 244 g/mol. The molecule has 1 aliphatic rings. The van der Waals surface area contributed by atoms with E-state index in [9.17, 15) is 0 Å². The molecule has 1 saturated heterocycles. The maximum atomic E-state index is 3.65. The average Bonchev–Trinajstić information content (AvgIpc) is 2.42. The molecule has 98 valence electrons. The molecule has 1 fully saturated rings. The van der Waals surface area contributed by atoms with Crippen molar-refractivity contribution < 1.29 is 0 Å². The molecule has 2 rings (SSSR count). The van der Waals surface area contributed by atoms with Crippen LogP contribution < -0.4 is 5.32 Å². The highest BCUT2D eigenvalue weighted by Gasteiger charge is 2.24. The van der Waals surface area contributed by atoms with Gasteiger partial charge in [-0.2, -0.15) is 0 Å². The smallest absolute Gasteiger partial charge is 0.0449 e. The summed E-state index contributed by atoms with van der Waals surface area (Å²) in [6.45, 7) is 7.76. The van der Waals surface area contributed by atoms with Crippen LogP contribution in [-0.4, -0.2) is 30.6 Å². The predicted molar refractivity (Wildman–Crippen MR) is 77.7 cm³/mol. The highest BCUT2D eigenvalue weighted by Crippen LogP contribution is 2.19. The van der Waals surface area contributed by atoms with E-state index in [1.807, 2.05) is 0 Å². The van der Waals surface area contributed by atoms with Crippen LogP contribution in [0.3, 0.4) is 0 Å². The molecule has 0 aliphatic carbocycles. The number of hydrogen-bond acceptors (Lipinski definition) is 2. The molecule has 1 aromatic rings. The van der Waals surface area contributed by atoms with Crippen molar-refractivity contribution in [2.24, 2.45) is 0 Å². The van der Waals surface area contributed by atoms with Crippen LogP contribution in [0.15, 0.2) is 42.5 Å². The quantitative estimate of drug-likeness (QED) is 0.819. The zero-order valence-corrected chi connectivity index (χ0v) is 11.5. The highest BCUT2D eigenvalue weighted by molar-refractivity contribution is 5.20. The van der Waals surface area contributed by atoms with E-state index in [2.05, 4.69) is 66.5 Å². The summed E-state index contributed by atoms with van der Waals surface area (Å²) in [6, 6.07) is 11.9. The van der Waals surface area contributed by atoms with E-state index in [1.54, 1.807) is 0 Å². The van der Waals surface area contributed by atoms with Gasteiger partial charge in [0.05, 0.1) is 0 Å². The second-order valence-electron chi connectivity index (χ2n) is 5.07. The van der Waals surface area contributed by atoms with Crippen LogP contribution in [0.1, 0.15) is 31.9 Å². The molecule has 1 aromatic carbocycles. The van der Waals surface area contributed by atoms with E-state index in [0.29, 0.717) is 12.1 Å². The van der Waals surface area contributed by atoms with Crippen molar-refractivity contribution in [3.8, 4) is 0 Å². The largest absolute Gasteiger partial charge is 0.307 e. The van der Waals surface area contributed by atoms with Crippen molar-refractivity contribution in [3.05, 3.63) is 48.0 Å². The zero-order valence-electron chi connectivity index (χ0n) is 11.5. The van der Waals surface area contributed by atoms with E-state index >= 15 is 0 Å². The maximum Gasteiger partial charge on any atom is 0.0449 e. The lowest BCUT2D eigenvalue weighted by Gasteiger charge is -2.39. The number of allylic oxidation sites excluding steroid dienone is 1. The van der Waals surface area contributed by atoms with Crippen molar-refractivity contribution in [2.45, 2.75) is 32.4 Å². The van der Waals surface area contributed by atoms with E-state index in [-0.39, 0.29) is 0 Å². The fourth-order valence-electron chi connectivity index (χ4n) is 2.55. The van der Waals surface area contributed by atoms with Crippen LogP contribution in [0, 0.1) is 0 Å². The van der Waals surface area contributed by atoms with Crippen LogP contribution in [0.25, 0.3) is 0 Å². The molecule has 0 radical (unpaired) electrons. The minimum atomic E-state index is 0.480. The van der Waals surface area contributed by atoms with Gasteiger partial charge in [0.1, 0.15) is 0 Å². The third kappa shape index (κ3) is 3.44. The van der Waals surface area contributed by atoms with E-state index in [4.69, 9.17) is 0 Å². The lowest BCUT2D eigenvalue weighted by Crippen LogP contribution is -2.51. The average molecular weight is 244 g/mol. The molecular weight excluding hydrogens is 220 g/mol. The Morgan fingerprint density at radius 1 is 1.33 bits per heavy atom. The van der Waals surface area contributed by atoms with E-state index in [0.717, 1.165) is 26.1 Å². The summed E-state index contributed by atoms with van der Waals surface area (Å²) < 4.78 is 0. The van der Waals surface area contributed by atoms with Gasteiger partial charge in [-0.1, -0.05) is 42.5 Å². The number of nitrogens with zero attached hydrogens (tertiary/aromatic N) is 1. The second-order valence-corrected chi connectivity index (χ2v) is 5.07. The molecule has 0 saturated carbocycles. The van der Waals surface area contributed by atoms with Crippen LogP contribution in [0.2, 0.25) is 0 Å². The molecule has 18 heavy (non-hydrogen) atoms. The Hall–Kier alpha value is -1.12. The standard InChI is InChI=1S/C16H24N2/c1-3-4-8-11-18-13-16(17-12-14(18)2)15-9-6-5-7-10-15/h3-7,9-10,14,16-17H,8,11-13H2,1-2H3/b4-3+. The predicted octanol–water partition coefficient (Wildman–Crippen LogP) is 2.99. The van der Waals surface area contributed by atoms with Gasteiger partial charge in [-0.05, 0) is 25.8 Å². The van der Waals surface area contributed by atoms with Gasteiger partial charge in [0.15, 0.2) is 0 Å². The molecule has 1 N–H and O–H groups in total. The zero-order chi connectivity index (χ0) is 12.8. The molecule has 2 atom stereocenters. The van der Waals surface area contributed by atoms with Crippen LogP contribution >= 0.6 is 0 Å². The Balaban J connectivity index is 1.95. The molecule has 1 aliphatic heterocycles. The van der Waals surface area contributed by atoms with Gasteiger partial charge in [-0.15, -0.1) is 0 Å². The molecule has 0 spiro atoms. The molecule has 0 amide bonds. The summed E-state index contributed by atoms with van der Waals surface area (Å²) in [5, 5.41) is 3.65. The summed E-state index contributed by atoms with van der Waals surface area (Å²) in [5.74, 6) is 0. The first-order valence-electron chi connectivity index (χ1n) is 6.95. The Bertz CT molecular complexity index is 372. The third-order valence-corrected chi connectivity index (χ3v) is 3.72. The summed E-state index contributed by atoms with van der Waals surface area (Å²) in [6.07, 6.45) is 5.55. The van der Waals surface area contributed by atoms with Crippen molar-refractivity contribution in [1.82, 2.24) is 10.2 Å². The van der Waals surface area contributed by atoms with Gasteiger partial charge in [0.25, 0.3) is 0 Å². The summed E-state index contributed by atoms with van der Waals surface area (Å²) >= 11 is 0. The minimum Gasteiger partial charge on any atom is -0.307 e. The first-order valence-corrected chi connectivity index (χ1v) is 6.95. The minimum absolute atomic E-state index is 0.480. The first-order chi connectivity index (χ1) is 8.81. The van der Waals surface area contributed by atoms with Crippen molar-refractivity contribution in [2.75, 3.05) is 19.6 Å². The van der Waals surface area contributed by atoms with Crippen LogP contribution in [-0.2, 0) is 0 Å². The fourth-order valence-corrected chi connectivity index (χ4v) is 2.55. The second kappa shape index (κ2) is 6.72. The SMILES string of the molecule is C/C=C/CCN1CC(c2ccccc2)NCC1C. The number of piperazine rings is 1. The third-order valence-electron chi connectivity index (χ3n) is 3.72. The van der Waals surface area contributed by atoms with Crippen LogP contribution in [0.5, 0.6) is 0 Å². The first kappa shape index (κ1) is 13.3. The summed E-state index contributed by atoms with van der Waals surface area (Å²) in [5.41, 5.74) is 1.40. The molecule has 0 bridgehead atoms. The fraction of sp³-hybridized carbons (Fsp3) is 0.500. The van der Waals surface area contributed by atoms with Crippen molar-refractivity contribution >= 4 is 0 Å². The molecule has 2 heteroatoms. The number of rotatable bonds is 4. The molecule has 2 nitrogen and oxygen atoms in total. The van der Waals surface area contributed by atoms with Gasteiger partial charge in [-0.25, -0.2) is 0 Å². The van der Waals surface area contributed by atoms with Gasteiger partial charge >= 0.3 is 0 Å². The Labute approximate surface area is 111 Å². The highest BCUT2D eigenvalue weighted by atomic mass is 15.2. The molecule has 0 aromatic heterocycles.